The van der Waals surface area contributed by atoms with Crippen LogP contribution in [-0.2, 0) is 24.3 Å². The summed E-state index contributed by atoms with van der Waals surface area (Å²) in [5.41, 5.74) is 0. The normalized spacial score (nSPS) is 21.5. The van der Waals surface area contributed by atoms with E-state index in [1.807, 2.05) is 0 Å². The third kappa shape index (κ3) is 4.38. The van der Waals surface area contributed by atoms with Crippen molar-refractivity contribution >= 4 is 21.9 Å². The van der Waals surface area contributed by atoms with E-state index in [0.29, 0.717) is 12.8 Å². The van der Waals surface area contributed by atoms with Crippen LogP contribution in [-0.4, -0.2) is 49.8 Å². The Kier molecular flexibility index (Phi) is 5.39. The lowest BCUT2D eigenvalue weighted by Gasteiger charge is -2.32. The third-order valence-corrected chi connectivity index (χ3v) is 6.29. The summed E-state index contributed by atoms with van der Waals surface area (Å²) in [6, 6.07) is 7.35. The minimum absolute atomic E-state index is 0.154. The number of benzene rings is 1. The van der Waals surface area contributed by atoms with Crippen molar-refractivity contribution < 1.29 is 22.7 Å². The highest BCUT2D eigenvalue weighted by Gasteiger charge is 2.38. The Balaban J connectivity index is 1.67. The molecule has 0 radical (unpaired) electrons. The summed E-state index contributed by atoms with van der Waals surface area (Å²) in [4.78, 5) is 24.2. The van der Waals surface area contributed by atoms with Gasteiger partial charge in [-0.15, -0.1) is 0 Å². The first kappa shape index (κ1) is 17.9. The van der Waals surface area contributed by atoms with E-state index in [-0.39, 0.29) is 30.0 Å². The highest BCUT2D eigenvalue weighted by molar-refractivity contribution is 7.89. The highest BCUT2D eigenvalue weighted by Crippen LogP contribution is 2.26. The van der Waals surface area contributed by atoms with Crippen molar-refractivity contribution in [3.8, 4) is 0 Å². The number of hydrogen-bond donors (Lipinski definition) is 1. The van der Waals surface area contributed by atoms with Gasteiger partial charge in [-0.1, -0.05) is 18.2 Å². The van der Waals surface area contributed by atoms with Crippen molar-refractivity contribution in [1.82, 2.24) is 9.62 Å². The van der Waals surface area contributed by atoms with Gasteiger partial charge in [0.15, 0.2) is 6.61 Å². The van der Waals surface area contributed by atoms with Gasteiger partial charge in [0.25, 0.3) is 5.91 Å². The Labute approximate surface area is 147 Å². The molecule has 1 saturated carbocycles. The number of nitrogens with one attached hydrogen (secondary N) is 1. The van der Waals surface area contributed by atoms with Gasteiger partial charge in [-0.25, -0.2) is 8.42 Å². The number of carbonyl (C=O) groups is 2. The van der Waals surface area contributed by atoms with Crippen molar-refractivity contribution in [3.05, 3.63) is 30.3 Å². The van der Waals surface area contributed by atoms with Gasteiger partial charge in [0.1, 0.15) is 6.04 Å². The van der Waals surface area contributed by atoms with Crippen molar-refractivity contribution in [1.29, 1.82) is 0 Å². The topological polar surface area (TPSA) is 92.8 Å². The van der Waals surface area contributed by atoms with Crippen LogP contribution in [0.5, 0.6) is 0 Å². The molecule has 3 rings (SSSR count). The minimum atomic E-state index is -3.77. The number of esters is 1. The van der Waals surface area contributed by atoms with Crippen molar-refractivity contribution in [3.63, 3.8) is 0 Å². The molecule has 7 nitrogen and oxygen atoms in total. The summed E-state index contributed by atoms with van der Waals surface area (Å²) in [6.07, 6.45) is 3.73. The Bertz CT molecular complexity index is 731. The molecule has 1 heterocycles. The van der Waals surface area contributed by atoms with E-state index in [1.54, 1.807) is 18.2 Å². The number of ether oxygens (including phenoxy) is 1. The molecule has 25 heavy (non-hydrogen) atoms. The Hall–Kier alpha value is -1.93. The van der Waals surface area contributed by atoms with Gasteiger partial charge in [0.05, 0.1) is 4.90 Å². The number of hydrogen-bond acceptors (Lipinski definition) is 5. The third-order valence-electron chi connectivity index (χ3n) is 4.36. The quantitative estimate of drug-likeness (QED) is 0.760. The molecule has 1 atom stereocenters. The molecule has 1 saturated heterocycles. The largest absolute Gasteiger partial charge is 0.454 e. The van der Waals surface area contributed by atoms with Gasteiger partial charge < -0.3 is 10.1 Å². The molecule has 136 valence electrons. The molecule has 1 aromatic rings. The van der Waals surface area contributed by atoms with Crippen LogP contribution in [0.25, 0.3) is 0 Å². The van der Waals surface area contributed by atoms with Crippen LogP contribution in [0.2, 0.25) is 0 Å². The Morgan fingerprint density at radius 2 is 1.84 bits per heavy atom. The molecule has 1 aliphatic heterocycles. The zero-order valence-corrected chi connectivity index (χ0v) is 14.7. The lowest BCUT2D eigenvalue weighted by molar-refractivity contribution is -0.153. The van der Waals surface area contributed by atoms with Crippen molar-refractivity contribution in [2.75, 3.05) is 13.2 Å². The SMILES string of the molecule is O=C(COC(=O)C1CCCCN1S(=O)(=O)c1ccccc1)NC1CC1. The van der Waals surface area contributed by atoms with Crippen LogP contribution in [0.1, 0.15) is 32.1 Å². The van der Waals surface area contributed by atoms with E-state index in [0.717, 1.165) is 19.3 Å². The summed E-state index contributed by atoms with van der Waals surface area (Å²) < 4.78 is 31.9. The number of amides is 1. The predicted octanol–water partition coefficient (Wildman–Crippen LogP) is 1.05. The number of nitrogens with zero attached hydrogens (tertiary/aromatic N) is 1. The number of rotatable bonds is 6. The van der Waals surface area contributed by atoms with Gasteiger partial charge in [-0.3, -0.25) is 9.59 Å². The lowest BCUT2D eigenvalue weighted by Crippen LogP contribution is -2.49. The van der Waals surface area contributed by atoms with Gasteiger partial charge in [-0.05, 0) is 44.2 Å². The van der Waals surface area contributed by atoms with Gasteiger partial charge in [-0.2, -0.15) is 4.31 Å². The monoisotopic (exact) mass is 366 g/mol. The van der Waals surface area contributed by atoms with Crippen LogP contribution in [0.4, 0.5) is 0 Å². The van der Waals surface area contributed by atoms with E-state index in [1.165, 1.54) is 16.4 Å². The first-order valence-corrected chi connectivity index (χ1v) is 9.95. The maximum Gasteiger partial charge on any atom is 0.324 e. The van der Waals surface area contributed by atoms with Crippen LogP contribution in [0.3, 0.4) is 0 Å². The summed E-state index contributed by atoms with van der Waals surface area (Å²) in [6.45, 7) is -0.101. The van der Waals surface area contributed by atoms with Crippen LogP contribution in [0, 0.1) is 0 Å². The lowest BCUT2D eigenvalue weighted by atomic mass is 10.1. The summed E-state index contributed by atoms with van der Waals surface area (Å²) in [7, 11) is -3.77. The molecule has 2 fully saturated rings. The van der Waals surface area contributed by atoms with Gasteiger partial charge >= 0.3 is 5.97 Å². The van der Waals surface area contributed by atoms with E-state index >= 15 is 0 Å². The maximum absolute atomic E-state index is 12.8. The fourth-order valence-corrected chi connectivity index (χ4v) is 4.55. The second-order valence-corrected chi connectivity index (χ2v) is 8.28. The summed E-state index contributed by atoms with van der Waals surface area (Å²) in [5.74, 6) is -1.01. The molecular weight excluding hydrogens is 344 g/mol. The minimum Gasteiger partial charge on any atom is -0.454 e. The van der Waals surface area contributed by atoms with E-state index in [9.17, 15) is 18.0 Å². The standard InChI is InChI=1S/C17H22N2O5S/c20-16(18-13-9-10-13)12-24-17(21)15-8-4-5-11-19(15)25(22,23)14-6-2-1-3-7-14/h1-3,6-7,13,15H,4-5,8-12H2,(H,18,20). The second kappa shape index (κ2) is 7.53. The molecule has 0 bridgehead atoms. The highest BCUT2D eigenvalue weighted by atomic mass is 32.2. The maximum atomic E-state index is 12.8. The number of sulfonamides is 1. The van der Waals surface area contributed by atoms with Crippen molar-refractivity contribution in [2.24, 2.45) is 0 Å². The zero-order chi connectivity index (χ0) is 17.9. The molecule has 0 spiro atoms. The van der Waals surface area contributed by atoms with E-state index < -0.39 is 22.0 Å². The molecular formula is C17H22N2O5S. The Morgan fingerprint density at radius 1 is 1.12 bits per heavy atom. The fourth-order valence-electron chi connectivity index (χ4n) is 2.89. The molecule has 1 aliphatic carbocycles. The van der Waals surface area contributed by atoms with Crippen LogP contribution in [0.15, 0.2) is 35.2 Å². The summed E-state index contributed by atoms with van der Waals surface area (Å²) in [5, 5.41) is 2.73. The Morgan fingerprint density at radius 3 is 2.52 bits per heavy atom. The number of piperidine rings is 1. The van der Waals surface area contributed by atoms with E-state index in [2.05, 4.69) is 5.32 Å². The van der Waals surface area contributed by atoms with Crippen LogP contribution >= 0.6 is 0 Å². The average Bonchev–Trinajstić information content (AvgIpc) is 3.44. The summed E-state index contributed by atoms with van der Waals surface area (Å²) >= 11 is 0. The first-order chi connectivity index (χ1) is 12.0. The average molecular weight is 366 g/mol. The van der Waals surface area contributed by atoms with Crippen molar-refractivity contribution in [2.45, 2.75) is 49.1 Å². The molecule has 8 heteroatoms. The smallest absolute Gasteiger partial charge is 0.324 e. The fraction of sp³-hybridized carbons (Fsp3) is 0.529. The van der Waals surface area contributed by atoms with Gasteiger partial charge in [0.2, 0.25) is 10.0 Å². The van der Waals surface area contributed by atoms with E-state index in [4.69, 9.17) is 4.74 Å². The second-order valence-electron chi connectivity index (χ2n) is 6.39. The molecule has 2 aliphatic rings. The van der Waals surface area contributed by atoms with Gasteiger partial charge in [0, 0.05) is 12.6 Å². The number of carbonyl (C=O) groups excluding carboxylic acids is 2. The van der Waals surface area contributed by atoms with Crippen LogP contribution < -0.4 is 5.32 Å². The molecule has 0 aromatic heterocycles. The molecule has 1 amide bonds. The molecule has 1 N–H and O–H groups in total. The molecule has 1 aromatic carbocycles. The first-order valence-electron chi connectivity index (χ1n) is 8.51. The zero-order valence-electron chi connectivity index (χ0n) is 13.9. The molecule has 1 unspecified atom stereocenters. The predicted molar refractivity (Wildman–Crippen MR) is 90.1 cm³/mol.